The van der Waals surface area contributed by atoms with Crippen molar-refractivity contribution in [2.45, 2.75) is 6.18 Å². The Morgan fingerprint density at radius 1 is 1.25 bits per heavy atom. The second kappa shape index (κ2) is 5.52. The smallest absolute Gasteiger partial charge is 0.435 e. The predicted molar refractivity (Wildman–Crippen MR) is 77.6 cm³/mol. The molecule has 0 fully saturated rings. The molecule has 0 saturated heterocycles. The Labute approximate surface area is 132 Å². The minimum absolute atomic E-state index is 0.211. The lowest BCUT2D eigenvalue weighted by Crippen LogP contribution is -2.11. The number of H-pyrrole nitrogens is 1. The SMILES string of the molecule is COC(=O)c1ccc(-c2cn3nc(C(F)(F)F)cc3c(=O)[nH]2)cc1. The molecule has 2 aromatic heterocycles. The first kappa shape index (κ1) is 15.8. The number of fused-ring (bicyclic) bond motifs is 1. The van der Waals surface area contributed by atoms with E-state index in [9.17, 15) is 22.8 Å². The summed E-state index contributed by atoms with van der Waals surface area (Å²) in [4.78, 5) is 25.9. The van der Waals surface area contributed by atoms with Crippen molar-refractivity contribution in [1.82, 2.24) is 14.6 Å². The molecule has 0 aliphatic heterocycles. The molecule has 0 aliphatic rings. The van der Waals surface area contributed by atoms with Crippen LogP contribution in [0.5, 0.6) is 0 Å². The highest BCUT2D eigenvalue weighted by Gasteiger charge is 2.34. The third-order valence-electron chi connectivity index (χ3n) is 3.38. The summed E-state index contributed by atoms with van der Waals surface area (Å²) in [6, 6.07) is 6.72. The number of nitrogens with zero attached hydrogens (tertiary/aromatic N) is 2. The van der Waals surface area contributed by atoms with E-state index in [4.69, 9.17) is 0 Å². The van der Waals surface area contributed by atoms with Gasteiger partial charge in [-0.2, -0.15) is 18.3 Å². The number of halogens is 3. The number of alkyl halides is 3. The van der Waals surface area contributed by atoms with E-state index >= 15 is 0 Å². The van der Waals surface area contributed by atoms with E-state index in [1.807, 2.05) is 0 Å². The molecule has 0 unspecified atom stereocenters. The van der Waals surface area contributed by atoms with E-state index < -0.39 is 23.4 Å². The van der Waals surface area contributed by atoms with Crippen molar-refractivity contribution in [1.29, 1.82) is 0 Å². The molecule has 2 heterocycles. The summed E-state index contributed by atoms with van der Waals surface area (Å²) < 4.78 is 43.6. The molecule has 0 radical (unpaired) electrons. The van der Waals surface area contributed by atoms with Gasteiger partial charge in [0.25, 0.3) is 5.56 Å². The minimum Gasteiger partial charge on any atom is -0.465 e. The van der Waals surface area contributed by atoms with Crippen molar-refractivity contribution in [3.8, 4) is 11.3 Å². The van der Waals surface area contributed by atoms with Crippen molar-refractivity contribution in [2.24, 2.45) is 0 Å². The number of ether oxygens (including phenoxy) is 1. The van der Waals surface area contributed by atoms with E-state index in [1.165, 1.54) is 37.6 Å². The molecule has 0 amide bonds. The maximum atomic E-state index is 12.7. The number of aromatic amines is 1. The van der Waals surface area contributed by atoms with Gasteiger partial charge < -0.3 is 9.72 Å². The summed E-state index contributed by atoms with van der Waals surface area (Å²) in [5.41, 5.74) is -0.981. The van der Waals surface area contributed by atoms with Gasteiger partial charge in [0, 0.05) is 6.07 Å². The molecule has 0 atom stereocenters. The van der Waals surface area contributed by atoms with Crippen LogP contribution in [0.4, 0.5) is 13.2 Å². The Morgan fingerprint density at radius 2 is 1.92 bits per heavy atom. The standard InChI is InChI=1S/C15H10F3N3O3/c1-24-14(23)9-4-2-8(3-5-9)10-7-21-11(13(22)19-10)6-12(20-21)15(16,17)18/h2-7H,1H3,(H,19,22). The number of carbonyl (C=O) groups excluding carboxylic acids is 1. The summed E-state index contributed by atoms with van der Waals surface area (Å²) in [6.45, 7) is 0. The Balaban J connectivity index is 2.07. The molecular weight excluding hydrogens is 327 g/mol. The third kappa shape index (κ3) is 2.75. The number of hydrogen-bond acceptors (Lipinski definition) is 4. The largest absolute Gasteiger partial charge is 0.465 e. The Morgan fingerprint density at radius 3 is 2.50 bits per heavy atom. The van der Waals surface area contributed by atoms with E-state index in [0.717, 1.165) is 4.52 Å². The maximum absolute atomic E-state index is 12.7. The molecule has 3 aromatic rings. The fraction of sp³-hybridized carbons (Fsp3) is 0.133. The summed E-state index contributed by atoms with van der Waals surface area (Å²) in [5, 5.41) is 3.39. The van der Waals surface area contributed by atoms with Gasteiger partial charge in [-0.25, -0.2) is 9.31 Å². The normalized spacial score (nSPS) is 11.7. The lowest BCUT2D eigenvalue weighted by Gasteiger charge is -2.04. The number of aromatic nitrogens is 3. The van der Waals surface area contributed by atoms with Crippen molar-refractivity contribution in [3.63, 3.8) is 0 Å². The van der Waals surface area contributed by atoms with Crippen LogP contribution in [0.25, 0.3) is 16.8 Å². The molecule has 0 saturated carbocycles. The molecule has 124 valence electrons. The van der Waals surface area contributed by atoms with E-state index in [-0.39, 0.29) is 11.2 Å². The van der Waals surface area contributed by atoms with Crippen molar-refractivity contribution >= 4 is 11.5 Å². The second-order valence-electron chi connectivity index (χ2n) is 4.92. The average Bonchev–Trinajstić information content (AvgIpc) is 2.99. The number of methoxy groups -OCH3 is 1. The van der Waals surface area contributed by atoms with Crippen molar-refractivity contribution < 1.29 is 22.7 Å². The van der Waals surface area contributed by atoms with Crippen LogP contribution in [0.15, 0.2) is 41.3 Å². The highest BCUT2D eigenvalue weighted by molar-refractivity contribution is 5.89. The monoisotopic (exact) mass is 337 g/mol. The van der Waals surface area contributed by atoms with Gasteiger partial charge in [0.15, 0.2) is 5.69 Å². The average molecular weight is 337 g/mol. The highest BCUT2D eigenvalue weighted by atomic mass is 19.4. The topological polar surface area (TPSA) is 76.5 Å². The molecule has 0 spiro atoms. The second-order valence-corrected chi connectivity index (χ2v) is 4.92. The third-order valence-corrected chi connectivity index (χ3v) is 3.38. The summed E-state index contributed by atoms with van der Waals surface area (Å²) in [6.07, 6.45) is -3.36. The van der Waals surface area contributed by atoms with Crippen molar-refractivity contribution in [3.05, 3.63) is 58.1 Å². The lowest BCUT2D eigenvalue weighted by molar-refractivity contribution is -0.141. The van der Waals surface area contributed by atoms with Crippen LogP contribution in [0.2, 0.25) is 0 Å². The number of benzene rings is 1. The Hall–Kier alpha value is -3.10. The first-order valence-electron chi connectivity index (χ1n) is 6.68. The van der Waals surface area contributed by atoms with Crippen molar-refractivity contribution in [2.75, 3.05) is 7.11 Å². The Kier molecular flexibility index (Phi) is 3.63. The number of esters is 1. The zero-order valence-corrected chi connectivity index (χ0v) is 12.2. The van der Waals surface area contributed by atoms with E-state index in [2.05, 4.69) is 14.8 Å². The number of carbonyl (C=O) groups is 1. The van der Waals surface area contributed by atoms with Gasteiger partial charge in [-0.05, 0) is 17.7 Å². The quantitative estimate of drug-likeness (QED) is 0.729. The summed E-state index contributed by atoms with van der Waals surface area (Å²) >= 11 is 0. The highest BCUT2D eigenvalue weighted by Crippen LogP contribution is 2.28. The lowest BCUT2D eigenvalue weighted by atomic mass is 10.1. The van der Waals surface area contributed by atoms with Gasteiger partial charge in [0.2, 0.25) is 0 Å². The molecule has 6 nitrogen and oxygen atoms in total. The molecule has 1 aromatic carbocycles. The molecule has 9 heteroatoms. The summed E-state index contributed by atoms with van der Waals surface area (Å²) in [5.74, 6) is -0.521. The van der Waals surface area contributed by atoms with Crippen LogP contribution in [-0.4, -0.2) is 27.7 Å². The fourth-order valence-electron chi connectivity index (χ4n) is 2.19. The van der Waals surface area contributed by atoms with Gasteiger partial charge in [-0.3, -0.25) is 4.79 Å². The maximum Gasteiger partial charge on any atom is 0.435 e. The van der Waals surface area contributed by atoms with Crippen LogP contribution in [0.1, 0.15) is 16.1 Å². The molecule has 1 N–H and O–H groups in total. The van der Waals surface area contributed by atoms with Gasteiger partial charge >= 0.3 is 12.1 Å². The fourth-order valence-corrected chi connectivity index (χ4v) is 2.19. The molecule has 24 heavy (non-hydrogen) atoms. The zero-order chi connectivity index (χ0) is 17.5. The molecule has 0 aliphatic carbocycles. The van der Waals surface area contributed by atoms with Crippen LogP contribution in [0, 0.1) is 0 Å². The summed E-state index contributed by atoms with van der Waals surface area (Å²) in [7, 11) is 1.25. The number of hydrogen-bond donors (Lipinski definition) is 1. The number of nitrogens with one attached hydrogen (secondary N) is 1. The molecule has 3 rings (SSSR count). The van der Waals surface area contributed by atoms with Crippen LogP contribution >= 0.6 is 0 Å². The van der Waals surface area contributed by atoms with E-state index in [1.54, 1.807) is 0 Å². The van der Waals surface area contributed by atoms with Gasteiger partial charge in [0.1, 0.15) is 5.52 Å². The first-order chi connectivity index (χ1) is 11.3. The van der Waals surface area contributed by atoms with Crippen LogP contribution < -0.4 is 5.56 Å². The number of rotatable bonds is 2. The first-order valence-corrected chi connectivity index (χ1v) is 6.68. The van der Waals surface area contributed by atoms with Gasteiger partial charge in [-0.1, -0.05) is 12.1 Å². The molecular formula is C15H10F3N3O3. The van der Waals surface area contributed by atoms with Crippen LogP contribution in [0.3, 0.4) is 0 Å². The predicted octanol–water partition coefficient (Wildman–Crippen LogP) is 2.50. The van der Waals surface area contributed by atoms with Gasteiger partial charge in [-0.15, -0.1) is 0 Å². The Bertz CT molecular complexity index is 972. The molecule has 0 bridgehead atoms. The van der Waals surface area contributed by atoms with Gasteiger partial charge in [0.05, 0.1) is 24.6 Å². The minimum atomic E-state index is -4.64. The van der Waals surface area contributed by atoms with E-state index in [0.29, 0.717) is 17.2 Å². The zero-order valence-electron chi connectivity index (χ0n) is 12.2. The van der Waals surface area contributed by atoms with Crippen LogP contribution in [-0.2, 0) is 10.9 Å².